The van der Waals surface area contributed by atoms with Crippen molar-refractivity contribution in [2.75, 3.05) is 29.5 Å². The van der Waals surface area contributed by atoms with Crippen molar-refractivity contribution in [1.82, 2.24) is 0 Å². The van der Waals surface area contributed by atoms with Crippen LogP contribution in [0.5, 0.6) is 11.5 Å². The molecule has 0 unspecified atom stereocenters. The molecule has 9 heteroatoms. The zero-order chi connectivity index (χ0) is 23.0. The summed E-state index contributed by atoms with van der Waals surface area (Å²) in [5.74, 6) is 1.46. The van der Waals surface area contributed by atoms with Crippen molar-refractivity contribution in [3.05, 3.63) is 72.8 Å². The minimum atomic E-state index is -3.75. The molecule has 7 nitrogen and oxygen atoms in total. The maximum atomic E-state index is 12.6. The van der Waals surface area contributed by atoms with Crippen LogP contribution >= 0.6 is 11.8 Å². The largest absolute Gasteiger partial charge is 0.497 e. The first-order chi connectivity index (χ1) is 15.4. The normalized spacial score (nSPS) is 10.9. The molecule has 2 N–H and O–H groups in total. The highest BCUT2D eigenvalue weighted by atomic mass is 32.2. The smallest absolute Gasteiger partial charge is 0.261 e. The molecule has 0 atom stereocenters. The van der Waals surface area contributed by atoms with E-state index in [1.807, 2.05) is 31.2 Å². The van der Waals surface area contributed by atoms with E-state index in [1.165, 1.54) is 23.9 Å². The molecule has 0 aliphatic carbocycles. The van der Waals surface area contributed by atoms with Crippen LogP contribution in [0.15, 0.2) is 82.6 Å². The average molecular weight is 473 g/mol. The van der Waals surface area contributed by atoms with Gasteiger partial charge in [-0.3, -0.25) is 9.52 Å². The number of rotatable bonds is 10. The number of amides is 1. The van der Waals surface area contributed by atoms with Crippen LogP contribution in [0.4, 0.5) is 11.4 Å². The van der Waals surface area contributed by atoms with Gasteiger partial charge in [-0.25, -0.2) is 8.42 Å². The van der Waals surface area contributed by atoms with E-state index in [2.05, 4.69) is 10.0 Å². The minimum absolute atomic E-state index is 0.0944. The van der Waals surface area contributed by atoms with Gasteiger partial charge in [-0.05, 0) is 79.7 Å². The standard InChI is InChI=1S/C23H24N2O5S2/c1-3-30-20-8-4-18(5-9-20)25-32(27,28)22-14-6-17(7-15-22)24-23(26)16-31-21-12-10-19(29-2)11-13-21/h4-15,25H,3,16H2,1-2H3,(H,24,26). The summed E-state index contributed by atoms with van der Waals surface area (Å²) in [5.41, 5.74) is 0.951. The van der Waals surface area contributed by atoms with Crippen molar-refractivity contribution in [1.29, 1.82) is 0 Å². The number of hydrogen-bond acceptors (Lipinski definition) is 6. The van der Waals surface area contributed by atoms with Gasteiger partial charge in [-0.1, -0.05) is 0 Å². The van der Waals surface area contributed by atoms with Crippen LogP contribution < -0.4 is 19.5 Å². The lowest BCUT2D eigenvalue weighted by Gasteiger charge is -2.10. The van der Waals surface area contributed by atoms with E-state index in [1.54, 1.807) is 43.5 Å². The van der Waals surface area contributed by atoms with Crippen molar-refractivity contribution >= 4 is 39.1 Å². The molecule has 0 aromatic heterocycles. The van der Waals surface area contributed by atoms with Gasteiger partial charge in [0.15, 0.2) is 0 Å². The number of hydrogen-bond donors (Lipinski definition) is 2. The molecule has 1 amide bonds. The summed E-state index contributed by atoms with van der Waals surface area (Å²) >= 11 is 1.40. The third-order valence-electron chi connectivity index (χ3n) is 4.30. The SMILES string of the molecule is CCOc1ccc(NS(=O)(=O)c2ccc(NC(=O)CSc3ccc(OC)cc3)cc2)cc1. The van der Waals surface area contributed by atoms with Gasteiger partial charge in [-0.2, -0.15) is 0 Å². The van der Waals surface area contributed by atoms with Crippen molar-refractivity contribution in [2.24, 2.45) is 0 Å². The highest BCUT2D eigenvalue weighted by molar-refractivity contribution is 8.00. The predicted octanol–water partition coefficient (Wildman–Crippen LogP) is 4.63. The van der Waals surface area contributed by atoms with E-state index in [4.69, 9.17) is 9.47 Å². The van der Waals surface area contributed by atoms with Gasteiger partial charge in [0, 0.05) is 16.3 Å². The summed E-state index contributed by atoms with van der Waals surface area (Å²) < 4.78 is 38.2. The summed E-state index contributed by atoms with van der Waals surface area (Å²) in [7, 11) is -2.15. The van der Waals surface area contributed by atoms with Gasteiger partial charge in [0.2, 0.25) is 5.91 Å². The van der Waals surface area contributed by atoms with E-state index in [9.17, 15) is 13.2 Å². The number of ether oxygens (including phenoxy) is 2. The molecule has 3 aromatic rings. The van der Waals surface area contributed by atoms with Gasteiger partial charge < -0.3 is 14.8 Å². The molecule has 0 aliphatic heterocycles. The number of anilines is 2. The lowest BCUT2D eigenvalue weighted by molar-refractivity contribution is -0.113. The monoisotopic (exact) mass is 472 g/mol. The maximum Gasteiger partial charge on any atom is 0.261 e. The van der Waals surface area contributed by atoms with Crippen LogP contribution in [-0.2, 0) is 14.8 Å². The number of nitrogens with one attached hydrogen (secondary N) is 2. The van der Waals surface area contributed by atoms with Crippen molar-refractivity contribution in [3.63, 3.8) is 0 Å². The van der Waals surface area contributed by atoms with Crippen LogP contribution in [0.25, 0.3) is 0 Å². The number of carbonyl (C=O) groups excluding carboxylic acids is 1. The molecule has 0 heterocycles. The van der Waals surface area contributed by atoms with Crippen molar-refractivity contribution < 1.29 is 22.7 Å². The fourth-order valence-corrected chi connectivity index (χ4v) is 4.49. The van der Waals surface area contributed by atoms with Gasteiger partial charge in [0.05, 0.1) is 24.4 Å². The Hall–Kier alpha value is -3.17. The van der Waals surface area contributed by atoms with Gasteiger partial charge >= 0.3 is 0 Å². The van der Waals surface area contributed by atoms with Crippen molar-refractivity contribution in [2.45, 2.75) is 16.7 Å². The second-order valence-electron chi connectivity index (χ2n) is 6.60. The highest BCUT2D eigenvalue weighted by Crippen LogP contribution is 2.23. The van der Waals surface area contributed by atoms with Crippen LogP contribution in [0, 0.1) is 0 Å². The summed E-state index contributed by atoms with van der Waals surface area (Å²) in [6.07, 6.45) is 0. The summed E-state index contributed by atoms with van der Waals surface area (Å²) in [6, 6.07) is 20.1. The van der Waals surface area contributed by atoms with Crippen LogP contribution in [0.3, 0.4) is 0 Å². The van der Waals surface area contributed by atoms with E-state index in [0.717, 1.165) is 10.6 Å². The topological polar surface area (TPSA) is 93.7 Å². The Balaban J connectivity index is 1.55. The molecule has 0 radical (unpaired) electrons. The Kier molecular flexibility index (Phi) is 8.02. The molecule has 0 aliphatic rings. The number of sulfonamides is 1. The minimum Gasteiger partial charge on any atom is -0.497 e. The third kappa shape index (κ3) is 6.66. The molecule has 168 valence electrons. The molecular formula is C23H24N2O5S2. The number of methoxy groups -OCH3 is 1. The van der Waals surface area contributed by atoms with E-state index < -0.39 is 10.0 Å². The second-order valence-corrected chi connectivity index (χ2v) is 9.33. The Bertz CT molecular complexity index is 1130. The fourth-order valence-electron chi connectivity index (χ4n) is 2.74. The first-order valence-electron chi connectivity index (χ1n) is 9.82. The fraction of sp³-hybridized carbons (Fsp3) is 0.174. The van der Waals surface area contributed by atoms with E-state index in [-0.39, 0.29) is 16.6 Å². The predicted molar refractivity (Wildman–Crippen MR) is 127 cm³/mol. The quantitative estimate of drug-likeness (QED) is 0.418. The molecular weight excluding hydrogens is 448 g/mol. The summed E-state index contributed by atoms with van der Waals surface area (Å²) in [6.45, 7) is 2.41. The number of carbonyl (C=O) groups is 1. The zero-order valence-corrected chi connectivity index (χ0v) is 19.3. The molecule has 3 rings (SSSR count). The second kappa shape index (κ2) is 10.9. The number of benzene rings is 3. The molecule has 0 spiro atoms. The van der Waals surface area contributed by atoms with Crippen molar-refractivity contribution in [3.8, 4) is 11.5 Å². The van der Waals surface area contributed by atoms with Crippen LogP contribution in [0.2, 0.25) is 0 Å². The zero-order valence-electron chi connectivity index (χ0n) is 17.7. The molecule has 0 bridgehead atoms. The molecule has 32 heavy (non-hydrogen) atoms. The maximum absolute atomic E-state index is 12.6. The van der Waals surface area contributed by atoms with Crippen LogP contribution in [0.1, 0.15) is 6.92 Å². The highest BCUT2D eigenvalue weighted by Gasteiger charge is 2.14. The Morgan fingerprint density at radius 2 is 1.47 bits per heavy atom. The van der Waals surface area contributed by atoms with Gasteiger partial charge in [-0.15, -0.1) is 11.8 Å². The Morgan fingerprint density at radius 3 is 2.06 bits per heavy atom. The van der Waals surface area contributed by atoms with Gasteiger partial charge in [0.25, 0.3) is 10.0 Å². The molecule has 3 aromatic carbocycles. The van der Waals surface area contributed by atoms with Gasteiger partial charge in [0.1, 0.15) is 11.5 Å². The molecule has 0 saturated carbocycles. The van der Waals surface area contributed by atoms with E-state index in [0.29, 0.717) is 23.7 Å². The number of thioether (sulfide) groups is 1. The summed E-state index contributed by atoms with van der Waals surface area (Å²) in [4.78, 5) is 13.2. The third-order valence-corrected chi connectivity index (χ3v) is 6.70. The Labute approximate surface area is 192 Å². The molecule has 0 fully saturated rings. The summed E-state index contributed by atoms with van der Waals surface area (Å²) in [5, 5.41) is 2.77. The van der Waals surface area contributed by atoms with Crippen LogP contribution in [-0.4, -0.2) is 33.8 Å². The lowest BCUT2D eigenvalue weighted by atomic mass is 10.3. The average Bonchev–Trinajstić information content (AvgIpc) is 2.80. The van der Waals surface area contributed by atoms with E-state index >= 15 is 0 Å². The molecule has 0 saturated heterocycles. The first-order valence-corrected chi connectivity index (χ1v) is 12.3. The first kappa shape index (κ1) is 23.5. The Morgan fingerprint density at radius 1 is 0.875 bits per heavy atom. The lowest BCUT2D eigenvalue weighted by Crippen LogP contribution is -2.15.